The van der Waals surface area contributed by atoms with Crippen LogP contribution in [0.5, 0.6) is 0 Å². The smallest absolute Gasteiger partial charge is 0.0600 e. The monoisotopic (exact) mass is 241 g/mol. The minimum Gasteiger partial charge on any atom is -0.397 e. The van der Waals surface area contributed by atoms with E-state index in [0.717, 1.165) is 30.0 Å². The second-order valence-corrected chi connectivity index (χ2v) is 4.55. The molecule has 0 aliphatic rings. The number of nitrogens with zero attached hydrogens (tertiary/aromatic N) is 2. The molecule has 1 aromatic carbocycles. The highest BCUT2D eigenvalue weighted by atomic mass is 15.1. The van der Waals surface area contributed by atoms with Gasteiger partial charge in [0.1, 0.15) is 0 Å². The predicted octanol–water partition coefficient (Wildman–Crippen LogP) is 2.65. The summed E-state index contributed by atoms with van der Waals surface area (Å²) in [6.07, 6.45) is 2.75. The Hall–Kier alpha value is -2.03. The number of likely N-dealkylation sites (N-methyl/N-ethyl adjacent to an activating group) is 1. The standard InChI is InChI=1S/C15H19N3/c1-12-6-7-14(16)15(11-12)18(2)10-8-13-5-3-4-9-17-13/h3-7,9,11H,8,10,16H2,1-2H3. The summed E-state index contributed by atoms with van der Waals surface area (Å²) in [6, 6.07) is 12.1. The fourth-order valence-corrected chi connectivity index (χ4v) is 1.93. The fourth-order valence-electron chi connectivity index (χ4n) is 1.93. The molecule has 0 saturated carbocycles. The van der Waals surface area contributed by atoms with E-state index in [0.29, 0.717) is 0 Å². The van der Waals surface area contributed by atoms with E-state index in [9.17, 15) is 0 Å². The van der Waals surface area contributed by atoms with Crippen molar-refractivity contribution in [1.82, 2.24) is 4.98 Å². The second kappa shape index (κ2) is 5.54. The number of anilines is 2. The van der Waals surface area contributed by atoms with E-state index in [1.807, 2.05) is 36.5 Å². The van der Waals surface area contributed by atoms with Crippen LogP contribution >= 0.6 is 0 Å². The molecule has 0 aliphatic carbocycles. The molecule has 18 heavy (non-hydrogen) atoms. The van der Waals surface area contributed by atoms with E-state index < -0.39 is 0 Å². The lowest BCUT2D eigenvalue weighted by atomic mass is 10.1. The first-order valence-corrected chi connectivity index (χ1v) is 6.14. The third-order valence-electron chi connectivity index (χ3n) is 3.03. The van der Waals surface area contributed by atoms with Gasteiger partial charge in [-0.1, -0.05) is 12.1 Å². The van der Waals surface area contributed by atoms with Crippen LogP contribution in [-0.2, 0) is 6.42 Å². The summed E-state index contributed by atoms with van der Waals surface area (Å²) >= 11 is 0. The van der Waals surface area contributed by atoms with Crippen LogP contribution in [0.15, 0.2) is 42.6 Å². The van der Waals surface area contributed by atoms with E-state index in [2.05, 4.69) is 29.9 Å². The molecule has 94 valence electrons. The molecule has 3 heteroatoms. The lowest BCUT2D eigenvalue weighted by molar-refractivity contribution is 0.853. The van der Waals surface area contributed by atoms with Crippen molar-refractivity contribution in [2.45, 2.75) is 13.3 Å². The van der Waals surface area contributed by atoms with E-state index in [4.69, 9.17) is 5.73 Å². The van der Waals surface area contributed by atoms with Crippen LogP contribution in [-0.4, -0.2) is 18.6 Å². The Kier molecular flexibility index (Phi) is 3.82. The first-order chi connectivity index (χ1) is 8.66. The molecular weight excluding hydrogens is 222 g/mol. The molecule has 0 atom stereocenters. The summed E-state index contributed by atoms with van der Waals surface area (Å²) in [5, 5.41) is 0. The summed E-state index contributed by atoms with van der Waals surface area (Å²) in [5.41, 5.74) is 10.2. The van der Waals surface area contributed by atoms with Crippen molar-refractivity contribution in [3.8, 4) is 0 Å². The Morgan fingerprint density at radius 1 is 1.22 bits per heavy atom. The predicted molar refractivity (Wildman–Crippen MR) is 76.8 cm³/mol. The summed E-state index contributed by atoms with van der Waals surface area (Å²) in [6.45, 7) is 2.99. The number of nitrogens with two attached hydrogens (primary N) is 1. The number of hydrogen-bond donors (Lipinski definition) is 1. The summed E-state index contributed by atoms with van der Waals surface area (Å²) in [7, 11) is 2.06. The van der Waals surface area contributed by atoms with E-state index in [1.165, 1.54) is 5.56 Å². The number of pyridine rings is 1. The molecule has 2 N–H and O–H groups in total. The molecule has 1 heterocycles. The molecular formula is C15H19N3. The van der Waals surface area contributed by atoms with Gasteiger partial charge < -0.3 is 10.6 Å². The summed E-state index contributed by atoms with van der Waals surface area (Å²) < 4.78 is 0. The molecule has 0 spiro atoms. The van der Waals surface area contributed by atoms with E-state index >= 15 is 0 Å². The van der Waals surface area contributed by atoms with Crippen molar-refractivity contribution < 1.29 is 0 Å². The van der Waals surface area contributed by atoms with Crippen molar-refractivity contribution in [3.05, 3.63) is 53.9 Å². The number of hydrogen-bond acceptors (Lipinski definition) is 3. The first kappa shape index (κ1) is 12.4. The second-order valence-electron chi connectivity index (χ2n) is 4.55. The Bertz CT molecular complexity index is 508. The highest BCUT2D eigenvalue weighted by Crippen LogP contribution is 2.23. The van der Waals surface area contributed by atoms with Crippen molar-refractivity contribution in [2.24, 2.45) is 0 Å². The van der Waals surface area contributed by atoms with Gasteiger partial charge in [0.25, 0.3) is 0 Å². The third-order valence-corrected chi connectivity index (χ3v) is 3.03. The number of aromatic nitrogens is 1. The normalized spacial score (nSPS) is 10.3. The molecule has 0 bridgehead atoms. The molecule has 1 aromatic heterocycles. The van der Waals surface area contributed by atoms with Crippen molar-refractivity contribution in [1.29, 1.82) is 0 Å². The Morgan fingerprint density at radius 3 is 2.78 bits per heavy atom. The maximum absolute atomic E-state index is 6.00. The van der Waals surface area contributed by atoms with Gasteiger partial charge in [0.2, 0.25) is 0 Å². The van der Waals surface area contributed by atoms with Crippen LogP contribution in [0.2, 0.25) is 0 Å². The van der Waals surface area contributed by atoms with Crippen LogP contribution in [0.1, 0.15) is 11.3 Å². The van der Waals surface area contributed by atoms with Gasteiger partial charge in [-0.3, -0.25) is 4.98 Å². The largest absolute Gasteiger partial charge is 0.397 e. The molecule has 0 fully saturated rings. The maximum atomic E-state index is 6.00. The average Bonchev–Trinajstić information content (AvgIpc) is 2.40. The minimum atomic E-state index is 0.823. The van der Waals surface area contributed by atoms with Gasteiger partial charge in [0.15, 0.2) is 0 Å². The molecule has 0 amide bonds. The topological polar surface area (TPSA) is 42.1 Å². The Morgan fingerprint density at radius 2 is 2.06 bits per heavy atom. The Balaban J connectivity index is 2.03. The van der Waals surface area contributed by atoms with Crippen LogP contribution in [0.25, 0.3) is 0 Å². The SMILES string of the molecule is Cc1ccc(N)c(N(C)CCc2ccccn2)c1. The van der Waals surface area contributed by atoms with Gasteiger partial charge in [-0.25, -0.2) is 0 Å². The molecule has 0 aliphatic heterocycles. The third kappa shape index (κ3) is 3.00. The lowest BCUT2D eigenvalue weighted by Crippen LogP contribution is -2.21. The molecule has 0 radical (unpaired) electrons. The van der Waals surface area contributed by atoms with Crippen LogP contribution in [0, 0.1) is 6.92 Å². The lowest BCUT2D eigenvalue weighted by Gasteiger charge is -2.21. The molecule has 0 saturated heterocycles. The zero-order chi connectivity index (χ0) is 13.0. The molecule has 0 unspecified atom stereocenters. The van der Waals surface area contributed by atoms with Crippen LogP contribution in [0.3, 0.4) is 0 Å². The number of benzene rings is 1. The van der Waals surface area contributed by atoms with Crippen LogP contribution < -0.4 is 10.6 Å². The van der Waals surface area contributed by atoms with Gasteiger partial charge in [-0.15, -0.1) is 0 Å². The highest BCUT2D eigenvalue weighted by molar-refractivity contribution is 5.68. The molecule has 2 aromatic rings. The van der Waals surface area contributed by atoms with Gasteiger partial charge in [-0.2, -0.15) is 0 Å². The van der Waals surface area contributed by atoms with Gasteiger partial charge in [0.05, 0.1) is 11.4 Å². The zero-order valence-corrected chi connectivity index (χ0v) is 10.9. The van der Waals surface area contributed by atoms with Gasteiger partial charge in [-0.05, 0) is 36.8 Å². The van der Waals surface area contributed by atoms with Gasteiger partial charge >= 0.3 is 0 Å². The zero-order valence-electron chi connectivity index (χ0n) is 10.9. The minimum absolute atomic E-state index is 0.823. The van der Waals surface area contributed by atoms with Crippen molar-refractivity contribution >= 4 is 11.4 Å². The van der Waals surface area contributed by atoms with Crippen molar-refractivity contribution in [2.75, 3.05) is 24.2 Å². The summed E-state index contributed by atoms with van der Waals surface area (Å²) in [5.74, 6) is 0. The van der Waals surface area contributed by atoms with E-state index in [1.54, 1.807) is 0 Å². The van der Waals surface area contributed by atoms with Crippen LogP contribution in [0.4, 0.5) is 11.4 Å². The maximum Gasteiger partial charge on any atom is 0.0600 e. The first-order valence-electron chi connectivity index (χ1n) is 6.14. The summed E-state index contributed by atoms with van der Waals surface area (Å²) in [4.78, 5) is 6.50. The number of rotatable bonds is 4. The fraction of sp³-hybridized carbons (Fsp3) is 0.267. The highest BCUT2D eigenvalue weighted by Gasteiger charge is 2.05. The van der Waals surface area contributed by atoms with Crippen molar-refractivity contribution in [3.63, 3.8) is 0 Å². The van der Waals surface area contributed by atoms with Gasteiger partial charge in [0, 0.05) is 31.9 Å². The number of aryl methyl sites for hydroxylation is 1. The molecule has 3 nitrogen and oxygen atoms in total. The average molecular weight is 241 g/mol. The Labute approximate surface area is 108 Å². The molecule has 2 rings (SSSR count). The van der Waals surface area contributed by atoms with E-state index in [-0.39, 0.29) is 0 Å². The quantitative estimate of drug-likeness (QED) is 0.837. The number of nitrogen functional groups attached to an aromatic ring is 1.